The number of pyridine rings is 1. The lowest BCUT2D eigenvalue weighted by molar-refractivity contribution is 0.397. The SMILES string of the molecule is COc1cc(CS)ccn1. The number of thiol groups is 1. The molecule has 0 spiro atoms. The number of methoxy groups -OCH3 is 1. The molecule has 0 unspecified atom stereocenters. The number of hydrogen-bond donors (Lipinski definition) is 1. The van der Waals surface area contributed by atoms with Gasteiger partial charge >= 0.3 is 0 Å². The van der Waals surface area contributed by atoms with E-state index in [4.69, 9.17) is 4.74 Å². The molecule has 0 aliphatic carbocycles. The Hall–Kier alpha value is -0.700. The fourth-order valence-corrected chi connectivity index (χ4v) is 0.857. The van der Waals surface area contributed by atoms with Crippen molar-refractivity contribution in [2.75, 3.05) is 7.11 Å². The molecule has 0 saturated heterocycles. The van der Waals surface area contributed by atoms with Crippen LogP contribution in [-0.4, -0.2) is 12.1 Å². The van der Waals surface area contributed by atoms with Gasteiger partial charge in [0.2, 0.25) is 5.88 Å². The summed E-state index contributed by atoms with van der Waals surface area (Å²) < 4.78 is 4.91. The predicted molar refractivity (Wildman–Crippen MR) is 43.5 cm³/mol. The number of ether oxygens (including phenoxy) is 1. The van der Waals surface area contributed by atoms with Gasteiger partial charge < -0.3 is 4.74 Å². The Morgan fingerprint density at radius 2 is 2.50 bits per heavy atom. The topological polar surface area (TPSA) is 22.1 Å². The molecule has 0 amide bonds. The van der Waals surface area contributed by atoms with Gasteiger partial charge in [-0.05, 0) is 11.6 Å². The maximum absolute atomic E-state index is 4.91. The average molecular weight is 155 g/mol. The molecule has 54 valence electrons. The van der Waals surface area contributed by atoms with Gasteiger partial charge in [-0.2, -0.15) is 12.6 Å². The van der Waals surface area contributed by atoms with E-state index < -0.39 is 0 Å². The van der Waals surface area contributed by atoms with Crippen molar-refractivity contribution < 1.29 is 4.74 Å². The van der Waals surface area contributed by atoms with Crippen LogP contribution in [0.3, 0.4) is 0 Å². The summed E-state index contributed by atoms with van der Waals surface area (Å²) in [5.41, 5.74) is 1.12. The van der Waals surface area contributed by atoms with Gasteiger partial charge in [0, 0.05) is 18.0 Å². The van der Waals surface area contributed by atoms with Gasteiger partial charge in [0.25, 0.3) is 0 Å². The van der Waals surface area contributed by atoms with E-state index in [-0.39, 0.29) is 0 Å². The van der Waals surface area contributed by atoms with Crippen molar-refractivity contribution in [3.8, 4) is 5.88 Å². The lowest BCUT2D eigenvalue weighted by Crippen LogP contribution is -1.87. The molecule has 1 rings (SSSR count). The summed E-state index contributed by atoms with van der Waals surface area (Å²) in [4.78, 5) is 3.95. The first-order valence-electron chi connectivity index (χ1n) is 2.96. The van der Waals surface area contributed by atoms with Gasteiger partial charge in [-0.3, -0.25) is 0 Å². The molecule has 10 heavy (non-hydrogen) atoms. The highest BCUT2D eigenvalue weighted by Gasteiger charge is 1.92. The molecular weight excluding hydrogens is 146 g/mol. The molecule has 0 bridgehead atoms. The van der Waals surface area contributed by atoms with E-state index in [1.54, 1.807) is 13.3 Å². The lowest BCUT2D eigenvalue weighted by Gasteiger charge is -1.98. The van der Waals surface area contributed by atoms with Crippen LogP contribution >= 0.6 is 12.6 Å². The van der Waals surface area contributed by atoms with Crippen molar-refractivity contribution in [1.82, 2.24) is 4.98 Å². The van der Waals surface area contributed by atoms with Crippen LogP contribution in [0.4, 0.5) is 0 Å². The highest BCUT2D eigenvalue weighted by molar-refractivity contribution is 7.79. The van der Waals surface area contributed by atoms with Crippen molar-refractivity contribution in [3.05, 3.63) is 23.9 Å². The molecule has 2 nitrogen and oxygen atoms in total. The third-order valence-electron chi connectivity index (χ3n) is 1.19. The summed E-state index contributed by atoms with van der Waals surface area (Å²) in [5, 5.41) is 0. The summed E-state index contributed by atoms with van der Waals surface area (Å²) >= 11 is 4.11. The predicted octanol–water partition coefficient (Wildman–Crippen LogP) is 1.52. The van der Waals surface area contributed by atoms with Crippen molar-refractivity contribution >= 4 is 12.6 Å². The normalized spacial score (nSPS) is 9.40. The van der Waals surface area contributed by atoms with Gasteiger partial charge in [0.05, 0.1) is 7.11 Å². The van der Waals surface area contributed by atoms with Gasteiger partial charge in [-0.1, -0.05) is 0 Å². The van der Waals surface area contributed by atoms with E-state index in [0.717, 1.165) is 11.3 Å². The number of rotatable bonds is 2. The third kappa shape index (κ3) is 1.64. The minimum atomic E-state index is 0.645. The Morgan fingerprint density at radius 3 is 3.10 bits per heavy atom. The first kappa shape index (κ1) is 7.41. The Kier molecular flexibility index (Phi) is 2.57. The van der Waals surface area contributed by atoms with Gasteiger partial charge in [0.15, 0.2) is 0 Å². The van der Waals surface area contributed by atoms with Gasteiger partial charge in [0.1, 0.15) is 0 Å². The first-order chi connectivity index (χ1) is 4.86. The summed E-state index contributed by atoms with van der Waals surface area (Å²) in [6.07, 6.45) is 1.71. The fourth-order valence-electron chi connectivity index (χ4n) is 0.660. The summed E-state index contributed by atoms with van der Waals surface area (Å²) in [7, 11) is 1.60. The van der Waals surface area contributed by atoms with Crippen molar-refractivity contribution in [3.63, 3.8) is 0 Å². The number of aromatic nitrogens is 1. The molecule has 0 radical (unpaired) electrons. The smallest absolute Gasteiger partial charge is 0.213 e. The molecular formula is C7H9NOS. The van der Waals surface area contributed by atoms with Crippen molar-refractivity contribution in [2.24, 2.45) is 0 Å². The average Bonchev–Trinajstić information content (AvgIpc) is 2.05. The monoisotopic (exact) mass is 155 g/mol. The zero-order valence-electron chi connectivity index (χ0n) is 5.74. The number of nitrogens with zero attached hydrogens (tertiary/aromatic N) is 1. The van der Waals surface area contributed by atoms with Crippen molar-refractivity contribution in [1.29, 1.82) is 0 Å². The second kappa shape index (κ2) is 3.46. The Morgan fingerprint density at radius 1 is 1.70 bits per heavy atom. The lowest BCUT2D eigenvalue weighted by atomic mass is 10.3. The minimum Gasteiger partial charge on any atom is -0.481 e. The van der Waals surface area contributed by atoms with Crippen LogP contribution in [0.2, 0.25) is 0 Å². The Balaban J connectivity index is 2.87. The van der Waals surface area contributed by atoms with Crippen LogP contribution in [0.25, 0.3) is 0 Å². The Labute approximate surface area is 65.6 Å². The highest BCUT2D eigenvalue weighted by atomic mass is 32.1. The van der Waals surface area contributed by atoms with Crippen LogP contribution in [-0.2, 0) is 5.75 Å². The van der Waals surface area contributed by atoms with E-state index in [0.29, 0.717) is 5.88 Å². The van der Waals surface area contributed by atoms with E-state index in [9.17, 15) is 0 Å². The molecule has 0 aliphatic rings. The Bertz CT molecular complexity index is 195. The second-order valence-electron chi connectivity index (χ2n) is 1.86. The molecule has 0 aliphatic heterocycles. The van der Waals surface area contributed by atoms with Crippen molar-refractivity contribution in [2.45, 2.75) is 5.75 Å². The van der Waals surface area contributed by atoms with Crippen LogP contribution < -0.4 is 4.74 Å². The number of hydrogen-bond acceptors (Lipinski definition) is 3. The molecule has 0 N–H and O–H groups in total. The van der Waals surface area contributed by atoms with Gasteiger partial charge in [-0.25, -0.2) is 4.98 Å². The van der Waals surface area contributed by atoms with Crippen LogP contribution in [0.1, 0.15) is 5.56 Å². The molecule has 0 saturated carbocycles. The van der Waals surface area contributed by atoms with Crippen LogP contribution in [0.5, 0.6) is 5.88 Å². The quantitative estimate of drug-likeness (QED) is 0.654. The second-order valence-corrected chi connectivity index (χ2v) is 2.18. The summed E-state index contributed by atoms with van der Waals surface area (Å²) in [6.45, 7) is 0. The minimum absolute atomic E-state index is 0.645. The zero-order valence-corrected chi connectivity index (χ0v) is 6.64. The maximum atomic E-state index is 4.91. The standard InChI is InChI=1S/C7H9NOS/c1-9-7-4-6(5-10)2-3-8-7/h2-4,10H,5H2,1H3. The molecule has 1 aromatic heterocycles. The molecule has 3 heteroatoms. The van der Waals surface area contributed by atoms with E-state index in [2.05, 4.69) is 17.6 Å². The van der Waals surface area contributed by atoms with Gasteiger partial charge in [-0.15, -0.1) is 0 Å². The fraction of sp³-hybridized carbons (Fsp3) is 0.286. The first-order valence-corrected chi connectivity index (χ1v) is 3.60. The maximum Gasteiger partial charge on any atom is 0.213 e. The summed E-state index contributed by atoms with van der Waals surface area (Å²) in [5.74, 6) is 1.37. The molecule has 0 atom stereocenters. The van der Waals surface area contributed by atoms with E-state index >= 15 is 0 Å². The van der Waals surface area contributed by atoms with E-state index in [1.807, 2.05) is 12.1 Å². The van der Waals surface area contributed by atoms with Crippen LogP contribution in [0, 0.1) is 0 Å². The molecule has 1 aromatic rings. The zero-order chi connectivity index (χ0) is 7.40. The molecule has 0 aromatic carbocycles. The third-order valence-corrected chi connectivity index (χ3v) is 1.56. The van der Waals surface area contributed by atoms with E-state index in [1.165, 1.54) is 0 Å². The van der Waals surface area contributed by atoms with Crippen LogP contribution in [0.15, 0.2) is 18.3 Å². The molecule has 0 fully saturated rings. The molecule has 1 heterocycles. The largest absolute Gasteiger partial charge is 0.481 e. The summed E-state index contributed by atoms with van der Waals surface area (Å²) in [6, 6.07) is 3.78. The highest BCUT2D eigenvalue weighted by Crippen LogP contribution is 2.09.